The third kappa shape index (κ3) is 1.74. The van der Waals surface area contributed by atoms with Crippen molar-refractivity contribution in [1.29, 1.82) is 0 Å². The van der Waals surface area contributed by atoms with E-state index in [0.29, 0.717) is 16.9 Å². The van der Waals surface area contributed by atoms with Gasteiger partial charge in [-0.05, 0) is 28.9 Å². The summed E-state index contributed by atoms with van der Waals surface area (Å²) < 4.78 is 8.08. The Balaban J connectivity index is 2.78. The van der Waals surface area contributed by atoms with E-state index in [1.165, 1.54) is 0 Å². The lowest BCUT2D eigenvalue weighted by molar-refractivity contribution is 0.112. The predicted octanol–water partition coefficient (Wildman–Crippen LogP) is 3.60. The van der Waals surface area contributed by atoms with Crippen LogP contribution in [-0.4, -0.2) is 13.3 Å². The third-order valence-electron chi connectivity index (χ3n) is 2.45. The Morgan fingerprint density at radius 1 is 1.50 bits per heavy atom. The number of furan rings is 1. The van der Waals surface area contributed by atoms with Crippen molar-refractivity contribution in [2.24, 2.45) is 0 Å². The van der Waals surface area contributed by atoms with Crippen LogP contribution in [0.15, 0.2) is 21.0 Å². The summed E-state index contributed by atoms with van der Waals surface area (Å²) in [5.74, 6) is 0.635. The van der Waals surface area contributed by atoms with Gasteiger partial charge in [0.1, 0.15) is 11.3 Å². The number of hydrogen-bond acceptors (Lipinski definition) is 4. The number of carbonyl (C=O) groups excluding carboxylic acids is 1. The predicted molar refractivity (Wildman–Crippen MR) is 71.4 cm³/mol. The quantitative estimate of drug-likeness (QED) is 0.679. The van der Waals surface area contributed by atoms with Crippen LogP contribution < -0.4 is 4.31 Å². The molecule has 0 N–H and O–H groups in total. The number of benzene rings is 1. The second-order valence-electron chi connectivity index (χ2n) is 3.51. The highest BCUT2D eigenvalue weighted by Gasteiger charge is 2.13. The van der Waals surface area contributed by atoms with Gasteiger partial charge in [-0.2, -0.15) is 0 Å². The van der Waals surface area contributed by atoms with Crippen molar-refractivity contribution in [3.05, 3.63) is 27.9 Å². The summed E-state index contributed by atoms with van der Waals surface area (Å²) in [6.45, 7) is 1.78. The average Bonchev–Trinajstić information content (AvgIpc) is 2.51. The molecule has 1 aromatic carbocycles. The van der Waals surface area contributed by atoms with Crippen LogP contribution in [0.2, 0.25) is 0 Å². The molecule has 0 saturated heterocycles. The van der Waals surface area contributed by atoms with Gasteiger partial charge in [0.2, 0.25) is 0 Å². The number of thiol groups is 1. The smallest absolute Gasteiger partial charge is 0.154 e. The number of rotatable bonds is 2. The molecule has 1 aromatic heterocycles. The van der Waals surface area contributed by atoms with Crippen molar-refractivity contribution in [3.63, 3.8) is 0 Å². The largest absolute Gasteiger partial charge is 0.461 e. The molecule has 2 rings (SSSR count). The Morgan fingerprint density at radius 2 is 2.19 bits per heavy atom. The first-order valence-electron chi connectivity index (χ1n) is 4.65. The molecular weight excluding hydrogens is 290 g/mol. The Hall–Kier alpha value is -0.940. The summed E-state index contributed by atoms with van der Waals surface area (Å²) >= 11 is 7.67. The molecule has 0 aliphatic heterocycles. The lowest BCUT2D eigenvalue weighted by atomic mass is 10.1. The highest BCUT2D eigenvalue weighted by atomic mass is 79.9. The summed E-state index contributed by atoms with van der Waals surface area (Å²) in [5, 5.41) is 0.818. The van der Waals surface area contributed by atoms with E-state index < -0.39 is 0 Å². The van der Waals surface area contributed by atoms with E-state index in [-0.39, 0.29) is 0 Å². The maximum absolute atomic E-state index is 10.9. The molecule has 0 saturated carbocycles. The van der Waals surface area contributed by atoms with Crippen LogP contribution in [0.25, 0.3) is 11.0 Å². The van der Waals surface area contributed by atoms with Crippen molar-refractivity contribution in [1.82, 2.24) is 0 Å². The molecule has 5 heteroatoms. The van der Waals surface area contributed by atoms with Gasteiger partial charge in [0, 0.05) is 23.0 Å². The standard InChI is InChI=1S/C11H10BrNO2S/c1-6-8(5-14)7-3-9(12)10(13(2)16)4-11(7)15-6/h3-5,16H,1-2H3. The van der Waals surface area contributed by atoms with Crippen LogP contribution in [0.4, 0.5) is 5.69 Å². The molecule has 1 heterocycles. The number of aryl methyl sites for hydroxylation is 1. The zero-order valence-corrected chi connectivity index (χ0v) is 11.3. The number of anilines is 1. The average molecular weight is 300 g/mol. The topological polar surface area (TPSA) is 33.5 Å². The van der Waals surface area contributed by atoms with E-state index in [2.05, 4.69) is 28.7 Å². The van der Waals surface area contributed by atoms with Crippen LogP contribution >= 0.6 is 28.7 Å². The Labute approximate surface area is 107 Å². The lowest BCUT2D eigenvalue weighted by Crippen LogP contribution is -2.01. The minimum atomic E-state index is 0.601. The summed E-state index contributed by atoms with van der Waals surface area (Å²) in [4.78, 5) is 10.9. The number of halogens is 1. The van der Waals surface area contributed by atoms with Gasteiger partial charge >= 0.3 is 0 Å². The second-order valence-corrected chi connectivity index (χ2v) is 4.97. The molecule has 84 valence electrons. The first-order valence-corrected chi connectivity index (χ1v) is 5.84. The molecule has 0 atom stereocenters. The lowest BCUT2D eigenvalue weighted by Gasteiger charge is -2.12. The summed E-state index contributed by atoms with van der Waals surface area (Å²) in [6.07, 6.45) is 0.817. The third-order valence-corrected chi connectivity index (χ3v) is 3.30. The van der Waals surface area contributed by atoms with E-state index in [0.717, 1.165) is 21.8 Å². The number of hydrogen-bond donors (Lipinski definition) is 1. The van der Waals surface area contributed by atoms with Gasteiger partial charge in [-0.25, -0.2) is 0 Å². The molecule has 0 spiro atoms. The van der Waals surface area contributed by atoms with Crippen LogP contribution in [0.5, 0.6) is 0 Å². The zero-order chi connectivity index (χ0) is 11.9. The second kappa shape index (κ2) is 4.14. The molecule has 0 bridgehead atoms. The van der Waals surface area contributed by atoms with Crippen molar-refractivity contribution < 1.29 is 9.21 Å². The fourth-order valence-electron chi connectivity index (χ4n) is 1.64. The van der Waals surface area contributed by atoms with Gasteiger partial charge < -0.3 is 8.72 Å². The first-order chi connectivity index (χ1) is 7.54. The molecule has 3 nitrogen and oxygen atoms in total. The molecule has 0 unspecified atom stereocenters. The van der Waals surface area contributed by atoms with Gasteiger partial charge in [-0.1, -0.05) is 12.8 Å². The highest BCUT2D eigenvalue weighted by Crippen LogP contribution is 2.34. The molecular formula is C11H10BrNO2S. The van der Waals surface area contributed by atoms with E-state index in [1.807, 2.05) is 19.2 Å². The zero-order valence-electron chi connectivity index (χ0n) is 8.82. The fraction of sp³-hybridized carbons (Fsp3) is 0.182. The Bertz CT molecular complexity index is 563. The normalized spacial score (nSPS) is 10.8. The summed E-state index contributed by atoms with van der Waals surface area (Å²) in [5.41, 5.74) is 2.18. The number of carbonyl (C=O) groups is 1. The maximum Gasteiger partial charge on any atom is 0.154 e. The van der Waals surface area contributed by atoms with E-state index in [1.54, 1.807) is 11.2 Å². The van der Waals surface area contributed by atoms with Crippen LogP contribution in [0.1, 0.15) is 16.1 Å². The van der Waals surface area contributed by atoms with Crippen molar-refractivity contribution >= 4 is 51.7 Å². The van der Waals surface area contributed by atoms with Crippen LogP contribution in [0, 0.1) is 6.92 Å². The molecule has 0 fully saturated rings. The minimum Gasteiger partial charge on any atom is -0.461 e. The molecule has 0 radical (unpaired) electrons. The Morgan fingerprint density at radius 3 is 2.75 bits per heavy atom. The minimum absolute atomic E-state index is 0.601. The maximum atomic E-state index is 10.9. The number of nitrogens with zero attached hydrogens (tertiary/aromatic N) is 1. The first kappa shape index (κ1) is 11.5. The van der Waals surface area contributed by atoms with Crippen molar-refractivity contribution in [3.8, 4) is 0 Å². The monoisotopic (exact) mass is 299 g/mol. The van der Waals surface area contributed by atoms with E-state index in [9.17, 15) is 4.79 Å². The highest BCUT2D eigenvalue weighted by molar-refractivity contribution is 9.10. The van der Waals surface area contributed by atoms with E-state index >= 15 is 0 Å². The van der Waals surface area contributed by atoms with Gasteiger partial charge in [0.05, 0.1) is 11.3 Å². The van der Waals surface area contributed by atoms with Crippen LogP contribution in [-0.2, 0) is 0 Å². The molecule has 0 aliphatic carbocycles. The molecule has 16 heavy (non-hydrogen) atoms. The van der Waals surface area contributed by atoms with Crippen LogP contribution in [0.3, 0.4) is 0 Å². The fourth-order valence-corrected chi connectivity index (χ4v) is 2.55. The summed E-state index contributed by atoms with van der Waals surface area (Å²) in [7, 11) is 1.82. The number of aldehydes is 1. The van der Waals surface area contributed by atoms with Gasteiger partial charge in [0.15, 0.2) is 6.29 Å². The van der Waals surface area contributed by atoms with Crippen molar-refractivity contribution in [2.45, 2.75) is 6.92 Å². The Kier molecular flexibility index (Phi) is 2.99. The SMILES string of the molecule is Cc1oc2cc(N(C)S)c(Br)cc2c1C=O. The van der Waals surface area contributed by atoms with Gasteiger partial charge in [-0.15, -0.1) is 0 Å². The van der Waals surface area contributed by atoms with Gasteiger partial charge in [0.25, 0.3) is 0 Å². The molecule has 0 aliphatic rings. The van der Waals surface area contributed by atoms with E-state index in [4.69, 9.17) is 4.42 Å². The van der Waals surface area contributed by atoms with Crippen molar-refractivity contribution in [2.75, 3.05) is 11.4 Å². The molecule has 2 aromatic rings. The molecule has 0 amide bonds. The van der Waals surface area contributed by atoms with Gasteiger partial charge in [-0.3, -0.25) is 4.79 Å². The number of fused-ring (bicyclic) bond motifs is 1. The summed E-state index contributed by atoms with van der Waals surface area (Å²) in [6, 6.07) is 3.73.